The maximum atomic E-state index is 12.1. The fraction of sp³-hybridized carbons (Fsp3) is 0. The van der Waals surface area contributed by atoms with E-state index in [0.717, 1.165) is 5.01 Å². The van der Waals surface area contributed by atoms with Crippen molar-refractivity contribution in [2.45, 2.75) is 0 Å². The summed E-state index contributed by atoms with van der Waals surface area (Å²) in [5, 5.41) is 5.53. The van der Waals surface area contributed by atoms with Crippen molar-refractivity contribution in [2.24, 2.45) is 5.10 Å². The third-order valence-corrected chi connectivity index (χ3v) is 3.73. The molecule has 0 fully saturated rings. The monoisotopic (exact) mass is 318 g/mol. The summed E-state index contributed by atoms with van der Waals surface area (Å²) in [5.74, 6) is -0.926. The van der Waals surface area contributed by atoms with E-state index in [1.165, 1.54) is 6.21 Å². The molecule has 0 radical (unpaired) electrons. The molecule has 1 aliphatic rings. The molecule has 104 valence electrons. The predicted molar refractivity (Wildman–Crippen MR) is 81.0 cm³/mol. The van der Waals surface area contributed by atoms with E-state index in [1.807, 2.05) is 0 Å². The number of halogens is 2. The molecule has 0 saturated heterocycles. The average molecular weight is 319 g/mol. The Morgan fingerprint density at radius 2 is 1.38 bits per heavy atom. The van der Waals surface area contributed by atoms with Crippen molar-refractivity contribution in [3.63, 3.8) is 0 Å². The summed E-state index contributed by atoms with van der Waals surface area (Å²) < 4.78 is 0. The Labute approximate surface area is 130 Å². The lowest BCUT2D eigenvalue weighted by Crippen LogP contribution is -2.24. The fourth-order valence-electron chi connectivity index (χ4n) is 2.03. The van der Waals surface area contributed by atoms with Gasteiger partial charge in [0.15, 0.2) is 0 Å². The van der Waals surface area contributed by atoms with Crippen LogP contribution in [-0.2, 0) is 0 Å². The lowest BCUT2D eigenvalue weighted by atomic mass is 10.1. The number of hydrogen-bond acceptors (Lipinski definition) is 3. The molecule has 2 amide bonds. The molecule has 0 bridgehead atoms. The predicted octanol–water partition coefficient (Wildman–Crippen LogP) is 3.62. The van der Waals surface area contributed by atoms with Gasteiger partial charge in [-0.15, -0.1) is 0 Å². The van der Waals surface area contributed by atoms with Gasteiger partial charge in [-0.2, -0.15) is 10.1 Å². The molecule has 6 heteroatoms. The van der Waals surface area contributed by atoms with Crippen LogP contribution in [0, 0.1) is 0 Å². The molecule has 0 unspecified atom stereocenters. The topological polar surface area (TPSA) is 49.7 Å². The standard InChI is InChI=1S/C15H8Cl2N2O2/c16-12-6-3-7-13(17)11(12)8-18-19-14(20)9-4-1-2-5-10(9)15(19)21/h1-8H/b18-8-. The summed E-state index contributed by atoms with van der Waals surface area (Å²) in [6.07, 6.45) is 1.31. The largest absolute Gasteiger partial charge is 0.282 e. The van der Waals surface area contributed by atoms with Gasteiger partial charge in [-0.05, 0) is 24.3 Å². The van der Waals surface area contributed by atoms with E-state index < -0.39 is 11.8 Å². The number of hydrazone groups is 1. The van der Waals surface area contributed by atoms with Crippen molar-refractivity contribution in [1.82, 2.24) is 5.01 Å². The van der Waals surface area contributed by atoms with E-state index in [-0.39, 0.29) is 0 Å². The number of nitrogens with zero attached hydrogens (tertiary/aromatic N) is 2. The molecule has 2 aromatic carbocycles. The van der Waals surface area contributed by atoms with Gasteiger partial charge in [0.2, 0.25) is 0 Å². The molecule has 1 heterocycles. The Balaban J connectivity index is 1.96. The van der Waals surface area contributed by atoms with E-state index in [1.54, 1.807) is 42.5 Å². The van der Waals surface area contributed by atoms with Crippen LogP contribution >= 0.6 is 23.2 Å². The Morgan fingerprint density at radius 3 is 1.90 bits per heavy atom. The zero-order chi connectivity index (χ0) is 15.0. The second kappa shape index (κ2) is 5.31. The third-order valence-electron chi connectivity index (χ3n) is 3.07. The normalized spacial score (nSPS) is 14.1. The lowest BCUT2D eigenvalue weighted by molar-refractivity contribution is 0.0660. The van der Waals surface area contributed by atoms with Gasteiger partial charge in [0.25, 0.3) is 11.8 Å². The van der Waals surface area contributed by atoms with E-state index in [4.69, 9.17) is 23.2 Å². The summed E-state index contributed by atoms with van der Waals surface area (Å²) in [6, 6.07) is 11.6. The quantitative estimate of drug-likeness (QED) is 0.627. The van der Waals surface area contributed by atoms with Crippen LogP contribution in [0.5, 0.6) is 0 Å². The summed E-state index contributed by atoms with van der Waals surface area (Å²) in [4.78, 5) is 24.2. The van der Waals surface area contributed by atoms with E-state index >= 15 is 0 Å². The van der Waals surface area contributed by atoms with Crippen molar-refractivity contribution in [1.29, 1.82) is 0 Å². The van der Waals surface area contributed by atoms with Gasteiger partial charge >= 0.3 is 0 Å². The van der Waals surface area contributed by atoms with Crippen molar-refractivity contribution in [2.75, 3.05) is 0 Å². The van der Waals surface area contributed by atoms with Crippen LogP contribution in [0.1, 0.15) is 26.3 Å². The van der Waals surface area contributed by atoms with Crippen LogP contribution in [-0.4, -0.2) is 23.0 Å². The molecular weight excluding hydrogens is 311 g/mol. The molecule has 0 N–H and O–H groups in total. The van der Waals surface area contributed by atoms with Crippen molar-refractivity contribution in [3.05, 3.63) is 69.2 Å². The number of imide groups is 1. The number of hydrogen-bond donors (Lipinski definition) is 0. The summed E-state index contributed by atoms with van der Waals surface area (Å²) in [5.41, 5.74) is 1.13. The average Bonchev–Trinajstić information content (AvgIpc) is 2.72. The smallest absolute Gasteiger partial charge is 0.267 e. The molecule has 0 aromatic heterocycles. The number of carbonyl (C=O) groups is 2. The first-order valence-electron chi connectivity index (χ1n) is 6.05. The van der Waals surface area contributed by atoms with Crippen LogP contribution in [0.4, 0.5) is 0 Å². The van der Waals surface area contributed by atoms with Gasteiger partial charge in [-0.3, -0.25) is 9.59 Å². The molecular formula is C15H8Cl2N2O2. The molecule has 2 aromatic rings. The zero-order valence-corrected chi connectivity index (χ0v) is 12.1. The summed E-state index contributed by atoms with van der Waals surface area (Å²) in [6.45, 7) is 0. The van der Waals surface area contributed by atoms with Gasteiger partial charge in [0.05, 0.1) is 27.4 Å². The molecule has 1 aliphatic heterocycles. The number of benzene rings is 2. The van der Waals surface area contributed by atoms with Crippen LogP contribution in [0.15, 0.2) is 47.6 Å². The van der Waals surface area contributed by atoms with E-state index in [0.29, 0.717) is 26.7 Å². The first kappa shape index (κ1) is 13.8. The van der Waals surface area contributed by atoms with Crippen molar-refractivity contribution >= 4 is 41.2 Å². The number of fused-ring (bicyclic) bond motifs is 1. The lowest BCUT2D eigenvalue weighted by Gasteiger charge is -2.06. The first-order chi connectivity index (χ1) is 10.1. The summed E-state index contributed by atoms with van der Waals surface area (Å²) in [7, 11) is 0. The first-order valence-corrected chi connectivity index (χ1v) is 6.81. The van der Waals surface area contributed by atoms with Gasteiger partial charge < -0.3 is 0 Å². The summed E-state index contributed by atoms with van der Waals surface area (Å²) >= 11 is 12.0. The Bertz CT molecular complexity index is 732. The highest BCUT2D eigenvalue weighted by atomic mass is 35.5. The molecule has 21 heavy (non-hydrogen) atoms. The number of amides is 2. The van der Waals surface area contributed by atoms with Crippen LogP contribution in [0.2, 0.25) is 10.0 Å². The SMILES string of the molecule is O=C1c2ccccc2C(=O)N1/N=C\c1c(Cl)cccc1Cl. The van der Waals surface area contributed by atoms with Gasteiger partial charge in [-0.25, -0.2) is 0 Å². The van der Waals surface area contributed by atoms with Gasteiger partial charge in [-0.1, -0.05) is 41.4 Å². The van der Waals surface area contributed by atoms with Crippen molar-refractivity contribution in [3.8, 4) is 0 Å². The maximum absolute atomic E-state index is 12.1. The highest BCUT2D eigenvalue weighted by Crippen LogP contribution is 2.25. The maximum Gasteiger partial charge on any atom is 0.282 e. The Kier molecular flexibility index (Phi) is 3.49. The molecule has 0 saturated carbocycles. The van der Waals surface area contributed by atoms with E-state index in [9.17, 15) is 9.59 Å². The van der Waals surface area contributed by atoms with Crippen LogP contribution in [0.25, 0.3) is 0 Å². The van der Waals surface area contributed by atoms with Gasteiger partial charge in [0, 0.05) is 5.56 Å². The van der Waals surface area contributed by atoms with Crippen molar-refractivity contribution < 1.29 is 9.59 Å². The Morgan fingerprint density at radius 1 is 0.857 bits per heavy atom. The van der Waals surface area contributed by atoms with Crippen LogP contribution in [0.3, 0.4) is 0 Å². The molecule has 3 rings (SSSR count). The molecule has 0 atom stereocenters. The zero-order valence-electron chi connectivity index (χ0n) is 10.6. The third kappa shape index (κ3) is 2.33. The second-order valence-electron chi connectivity index (χ2n) is 4.35. The fourth-order valence-corrected chi connectivity index (χ4v) is 2.53. The highest BCUT2D eigenvalue weighted by molar-refractivity contribution is 6.38. The number of carbonyl (C=O) groups excluding carboxylic acids is 2. The van der Waals surface area contributed by atoms with E-state index in [2.05, 4.69) is 5.10 Å². The van der Waals surface area contributed by atoms with Gasteiger partial charge in [0.1, 0.15) is 0 Å². The molecule has 0 spiro atoms. The van der Waals surface area contributed by atoms with Crippen LogP contribution < -0.4 is 0 Å². The number of rotatable bonds is 2. The second-order valence-corrected chi connectivity index (χ2v) is 5.16. The minimum absolute atomic E-state index is 0.338. The highest BCUT2D eigenvalue weighted by Gasteiger charge is 2.35. The Hall–Kier alpha value is -2.17. The molecule has 4 nitrogen and oxygen atoms in total. The minimum Gasteiger partial charge on any atom is -0.267 e. The molecule has 0 aliphatic carbocycles. The minimum atomic E-state index is -0.463.